The third kappa shape index (κ3) is 4.53. The lowest BCUT2D eigenvalue weighted by Crippen LogP contribution is -2.54. The van der Waals surface area contributed by atoms with Crippen molar-refractivity contribution in [1.29, 1.82) is 5.26 Å². The van der Waals surface area contributed by atoms with E-state index in [1.807, 2.05) is 4.90 Å². The Bertz CT molecular complexity index is 1140. The molecule has 156 valence electrons. The number of amides is 1. The normalized spacial score (nSPS) is 13.1. The molecule has 1 aromatic heterocycles. The van der Waals surface area contributed by atoms with Crippen molar-refractivity contribution in [3.8, 4) is 11.8 Å². The van der Waals surface area contributed by atoms with Crippen LogP contribution < -0.4 is 20.3 Å². The van der Waals surface area contributed by atoms with E-state index in [1.54, 1.807) is 43.4 Å². The Labute approximate surface area is 178 Å². The molecule has 0 aliphatic carbocycles. The van der Waals surface area contributed by atoms with Gasteiger partial charge in [-0.05, 0) is 42.5 Å². The Kier molecular flexibility index (Phi) is 5.62. The van der Waals surface area contributed by atoms with E-state index in [4.69, 9.17) is 4.74 Å². The zero-order valence-corrected chi connectivity index (χ0v) is 16.7. The number of benzene rings is 2. The smallest absolute Gasteiger partial charge is 0.251 e. The summed E-state index contributed by atoms with van der Waals surface area (Å²) in [6, 6.07) is 14.9. The van der Waals surface area contributed by atoms with E-state index in [0.717, 1.165) is 0 Å². The average molecular weight is 418 g/mol. The van der Waals surface area contributed by atoms with E-state index >= 15 is 0 Å². The molecule has 1 aliphatic heterocycles. The van der Waals surface area contributed by atoms with Crippen molar-refractivity contribution in [3.05, 3.63) is 71.7 Å². The van der Waals surface area contributed by atoms with E-state index in [9.17, 15) is 14.4 Å². The van der Waals surface area contributed by atoms with Gasteiger partial charge in [0.1, 0.15) is 29.3 Å². The lowest BCUT2D eigenvalue weighted by Gasteiger charge is -2.39. The quantitative estimate of drug-likeness (QED) is 0.634. The van der Waals surface area contributed by atoms with Crippen LogP contribution in [0.1, 0.15) is 15.9 Å². The zero-order chi connectivity index (χ0) is 21.8. The van der Waals surface area contributed by atoms with Gasteiger partial charge in [0.05, 0.1) is 19.3 Å². The van der Waals surface area contributed by atoms with Crippen LogP contribution in [0.25, 0.3) is 0 Å². The van der Waals surface area contributed by atoms with Crippen LogP contribution in [0, 0.1) is 17.1 Å². The minimum absolute atomic E-state index is 0.0645. The second kappa shape index (κ2) is 8.67. The molecule has 2 aromatic carbocycles. The third-order valence-electron chi connectivity index (χ3n) is 4.76. The van der Waals surface area contributed by atoms with Gasteiger partial charge in [0.25, 0.3) is 5.91 Å². The molecule has 0 bridgehead atoms. The summed E-state index contributed by atoms with van der Waals surface area (Å²) in [5, 5.41) is 15.1. The van der Waals surface area contributed by atoms with Crippen molar-refractivity contribution in [2.75, 3.05) is 30.4 Å². The molecule has 1 saturated heterocycles. The highest BCUT2D eigenvalue weighted by Crippen LogP contribution is 2.25. The SMILES string of the molecule is CNC(=O)c1cccc(Nc2nc(N3CC(Oc4ccc(F)cc4)C3)ncc2C#N)c1. The fourth-order valence-electron chi connectivity index (χ4n) is 3.10. The molecule has 9 heteroatoms. The van der Waals surface area contributed by atoms with Crippen LogP contribution in [-0.2, 0) is 0 Å². The van der Waals surface area contributed by atoms with Crippen LogP contribution in [-0.4, -0.2) is 42.1 Å². The van der Waals surface area contributed by atoms with E-state index in [-0.39, 0.29) is 23.4 Å². The van der Waals surface area contributed by atoms with Crippen molar-refractivity contribution < 1.29 is 13.9 Å². The monoisotopic (exact) mass is 418 g/mol. The number of nitrogens with zero attached hydrogens (tertiary/aromatic N) is 4. The van der Waals surface area contributed by atoms with E-state index in [2.05, 4.69) is 26.7 Å². The molecule has 0 spiro atoms. The summed E-state index contributed by atoms with van der Waals surface area (Å²) < 4.78 is 18.8. The molecule has 0 radical (unpaired) electrons. The molecular formula is C22H19FN6O2. The van der Waals surface area contributed by atoms with E-state index in [1.165, 1.54) is 18.3 Å². The Balaban J connectivity index is 1.45. The van der Waals surface area contributed by atoms with Crippen molar-refractivity contribution in [2.24, 2.45) is 0 Å². The van der Waals surface area contributed by atoms with Crippen molar-refractivity contribution in [2.45, 2.75) is 6.10 Å². The molecule has 3 aromatic rings. The number of halogens is 1. The molecular weight excluding hydrogens is 399 g/mol. The van der Waals surface area contributed by atoms with Crippen LogP contribution in [0.3, 0.4) is 0 Å². The maximum atomic E-state index is 13.0. The zero-order valence-electron chi connectivity index (χ0n) is 16.7. The van der Waals surface area contributed by atoms with Crippen LogP contribution in [0.4, 0.5) is 21.8 Å². The van der Waals surface area contributed by atoms with Gasteiger partial charge in [0.2, 0.25) is 5.95 Å². The van der Waals surface area contributed by atoms with Gasteiger partial charge in [-0.25, -0.2) is 9.37 Å². The summed E-state index contributed by atoms with van der Waals surface area (Å²) >= 11 is 0. The van der Waals surface area contributed by atoms with Gasteiger partial charge < -0.3 is 20.3 Å². The van der Waals surface area contributed by atoms with Gasteiger partial charge in [-0.15, -0.1) is 0 Å². The number of nitriles is 1. The first-order valence-electron chi connectivity index (χ1n) is 9.59. The highest BCUT2D eigenvalue weighted by atomic mass is 19.1. The Morgan fingerprint density at radius 1 is 1.26 bits per heavy atom. The topological polar surface area (TPSA) is 103 Å². The number of hydrogen-bond acceptors (Lipinski definition) is 7. The van der Waals surface area contributed by atoms with Gasteiger partial charge in [0, 0.05) is 18.3 Å². The number of nitrogens with one attached hydrogen (secondary N) is 2. The maximum absolute atomic E-state index is 13.0. The lowest BCUT2D eigenvalue weighted by molar-refractivity contribution is 0.0963. The predicted molar refractivity (Wildman–Crippen MR) is 113 cm³/mol. The molecule has 1 fully saturated rings. The highest BCUT2D eigenvalue weighted by molar-refractivity contribution is 5.95. The minimum atomic E-state index is -0.311. The summed E-state index contributed by atoms with van der Waals surface area (Å²) in [5.41, 5.74) is 1.40. The maximum Gasteiger partial charge on any atom is 0.251 e. The molecule has 2 heterocycles. The molecule has 4 rings (SSSR count). The third-order valence-corrected chi connectivity index (χ3v) is 4.76. The largest absolute Gasteiger partial charge is 0.487 e. The van der Waals surface area contributed by atoms with Gasteiger partial charge >= 0.3 is 0 Å². The average Bonchev–Trinajstić information content (AvgIpc) is 2.77. The highest BCUT2D eigenvalue weighted by Gasteiger charge is 2.31. The van der Waals surface area contributed by atoms with Crippen molar-refractivity contribution in [1.82, 2.24) is 15.3 Å². The Morgan fingerprint density at radius 2 is 2.03 bits per heavy atom. The second-order valence-electron chi connectivity index (χ2n) is 6.93. The molecule has 1 aliphatic rings. The summed E-state index contributed by atoms with van der Waals surface area (Å²) in [7, 11) is 1.56. The van der Waals surface area contributed by atoms with Gasteiger partial charge in [-0.2, -0.15) is 10.2 Å². The van der Waals surface area contributed by atoms with Crippen LogP contribution >= 0.6 is 0 Å². The van der Waals surface area contributed by atoms with Gasteiger partial charge in [-0.1, -0.05) is 6.07 Å². The minimum Gasteiger partial charge on any atom is -0.487 e. The summed E-state index contributed by atoms with van der Waals surface area (Å²) in [6.45, 7) is 1.13. The fraction of sp³-hybridized carbons (Fsp3) is 0.182. The number of rotatable bonds is 6. The standard InChI is InChI=1S/C22H19FN6O2/c1-25-21(30)14-3-2-4-17(9-14)27-20-15(10-24)11-26-22(28-20)29-12-19(13-29)31-18-7-5-16(23)6-8-18/h2-9,11,19H,12-13H2,1H3,(H,25,30)(H,26,27,28). The first-order valence-corrected chi connectivity index (χ1v) is 9.59. The van der Waals surface area contributed by atoms with E-state index < -0.39 is 0 Å². The number of anilines is 3. The van der Waals surface area contributed by atoms with Crippen LogP contribution in [0.15, 0.2) is 54.7 Å². The van der Waals surface area contributed by atoms with Gasteiger partial charge in [-0.3, -0.25) is 4.79 Å². The number of ether oxygens (including phenoxy) is 1. The van der Waals surface area contributed by atoms with Gasteiger partial charge in [0.15, 0.2) is 5.82 Å². The van der Waals surface area contributed by atoms with Crippen LogP contribution in [0.2, 0.25) is 0 Å². The molecule has 0 saturated carbocycles. The Hall–Kier alpha value is -4.19. The number of carbonyl (C=O) groups is 1. The first-order chi connectivity index (χ1) is 15.1. The van der Waals surface area contributed by atoms with Crippen molar-refractivity contribution >= 4 is 23.4 Å². The Morgan fingerprint density at radius 3 is 2.74 bits per heavy atom. The second-order valence-corrected chi connectivity index (χ2v) is 6.93. The molecule has 8 nitrogen and oxygen atoms in total. The summed E-state index contributed by atoms with van der Waals surface area (Å²) in [5.74, 6) is 0.896. The number of hydrogen-bond donors (Lipinski definition) is 2. The van der Waals surface area contributed by atoms with Crippen LogP contribution in [0.5, 0.6) is 5.75 Å². The summed E-state index contributed by atoms with van der Waals surface area (Å²) in [6.07, 6.45) is 1.40. The predicted octanol–water partition coefficient (Wildman–Crippen LogP) is 2.86. The van der Waals surface area contributed by atoms with Crippen molar-refractivity contribution in [3.63, 3.8) is 0 Å². The van der Waals surface area contributed by atoms with E-state index in [0.29, 0.717) is 41.9 Å². The molecule has 1 amide bonds. The molecule has 31 heavy (non-hydrogen) atoms. The number of carbonyl (C=O) groups excluding carboxylic acids is 1. The molecule has 0 atom stereocenters. The lowest BCUT2D eigenvalue weighted by atomic mass is 10.1. The fourth-order valence-corrected chi connectivity index (χ4v) is 3.10. The molecule has 0 unspecified atom stereocenters. The first kappa shape index (κ1) is 20.1. The molecule has 2 N–H and O–H groups in total. The summed E-state index contributed by atoms with van der Waals surface area (Å²) in [4.78, 5) is 22.5. The number of aromatic nitrogens is 2.